The first-order valence-electron chi connectivity index (χ1n) is 7.36. The summed E-state index contributed by atoms with van der Waals surface area (Å²) in [4.78, 5) is 11.7. The van der Waals surface area contributed by atoms with Crippen LogP contribution in [0.15, 0.2) is 18.2 Å². The van der Waals surface area contributed by atoms with E-state index >= 15 is 0 Å². The fourth-order valence-corrected chi connectivity index (χ4v) is 2.04. The zero-order chi connectivity index (χ0) is 14.8. The highest BCUT2D eigenvalue weighted by Gasteiger charge is 2.09. The van der Waals surface area contributed by atoms with Gasteiger partial charge in [-0.15, -0.1) is 0 Å². The Kier molecular flexibility index (Phi) is 7.70. The molecule has 1 rings (SSSR count). The van der Waals surface area contributed by atoms with E-state index in [1.54, 1.807) is 0 Å². The lowest BCUT2D eigenvalue weighted by Gasteiger charge is -2.06. The molecule has 0 bridgehead atoms. The van der Waals surface area contributed by atoms with E-state index in [-0.39, 0.29) is 11.3 Å². The van der Waals surface area contributed by atoms with Crippen LogP contribution in [0.2, 0.25) is 0 Å². The number of anilines is 1. The van der Waals surface area contributed by atoms with Crippen molar-refractivity contribution >= 4 is 11.7 Å². The molecule has 0 saturated heterocycles. The number of esters is 1. The number of halogens is 1. The molecule has 0 aliphatic carbocycles. The number of hydrogen-bond acceptors (Lipinski definition) is 3. The predicted molar refractivity (Wildman–Crippen MR) is 79.1 cm³/mol. The van der Waals surface area contributed by atoms with Crippen LogP contribution in [0.25, 0.3) is 0 Å². The van der Waals surface area contributed by atoms with Crippen molar-refractivity contribution in [1.82, 2.24) is 0 Å². The Morgan fingerprint density at radius 1 is 1.10 bits per heavy atom. The second kappa shape index (κ2) is 9.34. The summed E-state index contributed by atoms with van der Waals surface area (Å²) >= 11 is 0. The zero-order valence-electron chi connectivity index (χ0n) is 12.2. The van der Waals surface area contributed by atoms with Gasteiger partial charge in [0.05, 0.1) is 12.2 Å². The van der Waals surface area contributed by atoms with Crippen molar-refractivity contribution in [1.29, 1.82) is 0 Å². The second-order valence-corrected chi connectivity index (χ2v) is 5.03. The van der Waals surface area contributed by atoms with Gasteiger partial charge in [-0.3, -0.25) is 0 Å². The quantitative estimate of drug-likeness (QED) is 0.417. The van der Waals surface area contributed by atoms with Crippen molar-refractivity contribution in [3.63, 3.8) is 0 Å². The van der Waals surface area contributed by atoms with Crippen molar-refractivity contribution in [2.75, 3.05) is 12.3 Å². The molecule has 2 N–H and O–H groups in total. The van der Waals surface area contributed by atoms with Gasteiger partial charge in [-0.2, -0.15) is 0 Å². The topological polar surface area (TPSA) is 52.3 Å². The third-order valence-corrected chi connectivity index (χ3v) is 3.14. The Labute approximate surface area is 120 Å². The van der Waals surface area contributed by atoms with Crippen LogP contribution in [0.3, 0.4) is 0 Å². The zero-order valence-corrected chi connectivity index (χ0v) is 12.2. The molecule has 3 nitrogen and oxygen atoms in total. The van der Waals surface area contributed by atoms with Crippen LogP contribution in [0.1, 0.15) is 62.2 Å². The van der Waals surface area contributed by atoms with Gasteiger partial charge in [0.1, 0.15) is 5.82 Å². The lowest BCUT2D eigenvalue weighted by Crippen LogP contribution is -2.07. The van der Waals surface area contributed by atoms with E-state index in [1.165, 1.54) is 44.2 Å². The van der Waals surface area contributed by atoms with Crippen molar-refractivity contribution in [2.45, 2.75) is 51.9 Å². The van der Waals surface area contributed by atoms with Crippen LogP contribution in [0.4, 0.5) is 10.1 Å². The highest BCUT2D eigenvalue weighted by Crippen LogP contribution is 2.12. The van der Waals surface area contributed by atoms with Gasteiger partial charge in [0.25, 0.3) is 0 Å². The smallest absolute Gasteiger partial charge is 0.338 e. The molecule has 0 fully saturated rings. The summed E-state index contributed by atoms with van der Waals surface area (Å²) in [5, 5.41) is 0. The number of ether oxygens (including phenoxy) is 1. The minimum absolute atomic E-state index is 0.172. The molecular weight excluding hydrogens is 257 g/mol. The van der Waals surface area contributed by atoms with Crippen molar-refractivity contribution in [2.24, 2.45) is 0 Å². The summed E-state index contributed by atoms with van der Waals surface area (Å²) in [6.45, 7) is 2.57. The molecule has 20 heavy (non-hydrogen) atoms. The maximum absolute atomic E-state index is 13.1. The molecule has 0 aliphatic heterocycles. The summed E-state index contributed by atoms with van der Waals surface area (Å²) in [5.74, 6) is -1.03. The summed E-state index contributed by atoms with van der Waals surface area (Å²) in [6, 6.07) is 3.74. The van der Waals surface area contributed by atoms with Crippen molar-refractivity contribution in [3.05, 3.63) is 29.6 Å². The number of benzene rings is 1. The SMILES string of the molecule is CCCCCCCCCOC(=O)c1cc(N)cc(F)c1. The summed E-state index contributed by atoms with van der Waals surface area (Å²) in [7, 11) is 0. The normalized spacial score (nSPS) is 10.5. The predicted octanol–water partition coefficient (Wildman–Crippen LogP) is 4.32. The molecule has 0 unspecified atom stereocenters. The maximum atomic E-state index is 13.1. The van der Waals surface area contributed by atoms with Gasteiger partial charge in [0.2, 0.25) is 0 Å². The Morgan fingerprint density at radius 3 is 2.40 bits per heavy atom. The third kappa shape index (κ3) is 6.55. The first kappa shape index (κ1) is 16.5. The average Bonchev–Trinajstić information content (AvgIpc) is 2.40. The number of hydrogen-bond donors (Lipinski definition) is 1. The van der Waals surface area contributed by atoms with E-state index in [9.17, 15) is 9.18 Å². The Bertz CT molecular complexity index is 401. The van der Waals surface area contributed by atoms with E-state index in [1.807, 2.05) is 0 Å². The highest BCUT2D eigenvalue weighted by molar-refractivity contribution is 5.90. The van der Waals surface area contributed by atoms with Crippen LogP contribution in [-0.2, 0) is 4.74 Å². The largest absolute Gasteiger partial charge is 0.462 e. The summed E-state index contributed by atoms with van der Waals surface area (Å²) < 4.78 is 18.2. The van der Waals surface area contributed by atoms with E-state index < -0.39 is 11.8 Å². The van der Waals surface area contributed by atoms with Crippen LogP contribution >= 0.6 is 0 Å². The van der Waals surface area contributed by atoms with Crippen LogP contribution in [-0.4, -0.2) is 12.6 Å². The van der Waals surface area contributed by atoms with Gasteiger partial charge >= 0.3 is 5.97 Å². The number of carbonyl (C=O) groups excluding carboxylic acids is 1. The van der Waals surface area contributed by atoms with Gasteiger partial charge in [-0.1, -0.05) is 45.4 Å². The van der Waals surface area contributed by atoms with E-state index in [0.717, 1.165) is 18.9 Å². The molecule has 112 valence electrons. The fraction of sp³-hybridized carbons (Fsp3) is 0.562. The van der Waals surface area contributed by atoms with Crippen LogP contribution in [0, 0.1) is 5.82 Å². The van der Waals surface area contributed by atoms with Crippen molar-refractivity contribution < 1.29 is 13.9 Å². The highest BCUT2D eigenvalue weighted by atomic mass is 19.1. The number of carbonyl (C=O) groups is 1. The number of nitrogens with two attached hydrogens (primary N) is 1. The lowest BCUT2D eigenvalue weighted by atomic mass is 10.1. The van der Waals surface area contributed by atoms with Crippen LogP contribution < -0.4 is 5.73 Å². The molecule has 0 aromatic heterocycles. The Hall–Kier alpha value is -1.58. The molecule has 0 atom stereocenters. The minimum atomic E-state index is -0.520. The molecule has 0 radical (unpaired) electrons. The molecule has 0 spiro atoms. The average molecular weight is 281 g/mol. The Morgan fingerprint density at radius 2 is 1.75 bits per heavy atom. The standard InChI is InChI=1S/C16H24FNO2/c1-2-3-4-5-6-7-8-9-20-16(19)13-10-14(17)12-15(18)11-13/h10-12H,2-9,18H2,1H3. The Balaban J connectivity index is 2.17. The third-order valence-electron chi connectivity index (χ3n) is 3.14. The number of nitrogen functional groups attached to an aromatic ring is 1. The number of rotatable bonds is 9. The summed E-state index contributed by atoms with van der Waals surface area (Å²) in [6.07, 6.45) is 8.13. The van der Waals surface area contributed by atoms with E-state index in [0.29, 0.717) is 6.61 Å². The minimum Gasteiger partial charge on any atom is -0.462 e. The lowest BCUT2D eigenvalue weighted by molar-refractivity contribution is 0.0497. The maximum Gasteiger partial charge on any atom is 0.338 e. The molecule has 0 saturated carbocycles. The van der Waals surface area contributed by atoms with Gasteiger partial charge in [-0.05, 0) is 24.6 Å². The monoisotopic (exact) mass is 281 g/mol. The van der Waals surface area contributed by atoms with Gasteiger partial charge in [-0.25, -0.2) is 9.18 Å². The summed E-state index contributed by atoms with van der Waals surface area (Å²) in [5.41, 5.74) is 5.88. The molecule has 0 amide bonds. The molecule has 1 aromatic carbocycles. The first-order valence-corrected chi connectivity index (χ1v) is 7.36. The van der Waals surface area contributed by atoms with Gasteiger partial charge in [0, 0.05) is 5.69 Å². The van der Waals surface area contributed by atoms with Crippen LogP contribution in [0.5, 0.6) is 0 Å². The van der Waals surface area contributed by atoms with Gasteiger partial charge < -0.3 is 10.5 Å². The molecular formula is C16H24FNO2. The van der Waals surface area contributed by atoms with E-state index in [4.69, 9.17) is 10.5 Å². The fourth-order valence-electron chi connectivity index (χ4n) is 2.04. The molecule has 4 heteroatoms. The molecule has 1 aromatic rings. The first-order chi connectivity index (χ1) is 9.63. The molecule has 0 heterocycles. The van der Waals surface area contributed by atoms with E-state index in [2.05, 4.69) is 6.92 Å². The molecule has 0 aliphatic rings. The number of unbranched alkanes of at least 4 members (excludes halogenated alkanes) is 6. The van der Waals surface area contributed by atoms with Gasteiger partial charge in [0.15, 0.2) is 0 Å². The second-order valence-electron chi connectivity index (χ2n) is 5.03. The van der Waals surface area contributed by atoms with Crippen molar-refractivity contribution in [3.8, 4) is 0 Å².